The predicted molar refractivity (Wildman–Crippen MR) is 79.0 cm³/mol. The Bertz CT molecular complexity index is 495. The number of aryl methyl sites for hydroxylation is 1. The summed E-state index contributed by atoms with van der Waals surface area (Å²) in [6.45, 7) is 1.82. The molecule has 0 aliphatic heterocycles. The zero-order chi connectivity index (χ0) is 13.9. The normalized spacial score (nSPS) is 17.7. The Balaban J connectivity index is 2.20. The van der Waals surface area contributed by atoms with Crippen molar-refractivity contribution in [2.45, 2.75) is 44.6 Å². The monoisotopic (exact) mass is 277 g/mol. The lowest BCUT2D eigenvalue weighted by atomic mass is 9.81. The van der Waals surface area contributed by atoms with Crippen LogP contribution in [0, 0.1) is 6.92 Å². The van der Waals surface area contributed by atoms with Gasteiger partial charge in [-0.05, 0) is 31.9 Å². The molecule has 0 saturated heterocycles. The largest absolute Gasteiger partial charge is 0.391 e. The maximum absolute atomic E-state index is 12.4. The molecular formula is C14H19N3OS. The van der Waals surface area contributed by atoms with Crippen molar-refractivity contribution in [1.82, 2.24) is 10.3 Å². The topological polar surface area (TPSA) is 68.0 Å². The van der Waals surface area contributed by atoms with E-state index in [1.807, 2.05) is 6.92 Å². The summed E-state index contributed by atoms with van der Waals surface area (Å²) in [5.74, 6) is -0.139. The molecule has 0 atom stereocenters. The van der Waals surface area contributed by atoms with E-state index in [0.29, 0.717) is 16.2 Å². The quantitative estimate of drug-likeness (QED) is 0.830. The number of nitrogens with one attached hydrogen (secondary N) is 1. The predicted octanol–water partition coefficient (Wildman–Crippen LogP) is 2.11. The van der Waals surface area contributed by atoms with Crippen LogP contribution in [0.15, 0.2) is 18.3 Å². The highest BCUT2D eigenvalue weighted by molar-refractivity contribution is 7.80. The van der Waals surface area contributed by atoms with E-state index in [1.54, 1.807) is 18.3 Å². The molecule has 1 saturated carbocycles. The van der Waals surface area contributed by atoms with Gasteiger partial charge in [0, 0.05) is 11.9 Å². The number of hydrogen-bond acceptors (Lipinski definition) is 3. The Kier molecular flexibility index (Phi) is 4.14. The number of hydrogen-bond donors (Lipinski definition) is 2. The maximum atomic E-state index is 12.4. The van der Waals surface area contributed by atoms with Crippen molar-refractivity contribution in [3.8, 4) is 0 Å². The SMILES string of the molecule is Cc1ncccc1C(=O)NC1(C(N)=S)CCCCC1. The van der Waals surface area contributed by atoms with Gasteiger partial charge in [0.1, 0.15) is 0 Å². The van der Waals surface area contributed by atoms with Gasteiger partial charge in [0.2, 0.25) is 0 Å². The molecule has 2 rings (SSSR count). The minimum absolute atomic E-state index is 0.139. The Hall–Kier alpha value is -1.49. The van der Waals surface area contributed by atoms with Crippen LogP contribution < -0.4 is 11.1 Å². The molecule has 5 heteroatoms. The molecule has 1 fully saturated rings. The van der Waals surface area contributed by atoms with Crippen LogP contribution in [0.5, 0.6) is 0 Å². The summed E-state index contributed by atoms with van der Waals surface area (Å²) < 4.78 is 0. The lowest BCUT2D eigenvalue weighted by Crippen LogP contribution is -2.57. The maximum Gasteiger partial charge on any atom is 0.253 e. The fraction of sp³-hybridized carbons (Fsp3) is 0.500. The first-order valence-electron chi connectivity index (χ1n) is 6.59. The van der Waals surface area contributed by atoms with Gasteiger partial charge in [-0.15, -0.1) is 0 Å². The zero-order valence-electron chi connectivity index (χ0n) is 11.1. The second kappa shape index (κ2) is 5.65. The summed E-state index contributed by atoms with van der Waals surface area (Å²) >= 11 is 5.18. The van der Waals surface area contributed by atoms with Gasteiger partial charge in [-0.3, -0.25) is 9.78 Å². The molecule has 1 heterocycles. The van der Waals surface area contributed by atoms with E-state index in [0.717, 1.165) is 25.7 Å². The van der Waals surface area contributed by atoms with Crippen molar-refractivity contribution in [3.63, 3.8) is 0 Å². The summed E-state index contributed by atoms with van der Waals surface area (Å²) in [7, 11) is 0. The molecule has 1 aromatic heterocycles. The summed E-state index contributed by atoms with van der Waals surface area (Å²) in [5.41, 5.74) is 6.65. The second-order valence-corrected chi connectivity index (χ2v) is 5.54. The van der Waals surface area contributed by atoms with E-state index in [9.17, 15) is 4.79 Å². The smallest absolute Gasteiger partial charge is 0.253 e. The molecule has 3 N–H and O–H groups in total. The molecule has 0 bridgehead atoms. The highest BCUT2D eigenvalue weighted by atomic mass is 32.1. The highest BCUT2D eigenvalue weighted by Gasteiger charge is 2.36. The zero-order valence-corrected chi connectivity index (χ0v) is 11.9. The van der Waals surface area contributed by atoms with Crippen LogP contribution in [0.3, 0.4) is 0 Å². The Morgan fingerprint density at radius 3 is 2.68 bits per heavy atom. The lowest BCUT2D eigenvalue weighted by molar-refractivity contribution is 0.0907. The lowest BCUT2D eigenvalue weighted by Gasteiger charge is -2.37. The Morgan fingerprint density at radius 2 is 2.11 bits per heavy atom. The van der Waals surface area contributed by atoms with Crippen molar-refractivity contribution < 1.29 is 4.79 Å². The molecule has 0 aromatic carbocycles. The molecule has 1 aromatic rings. The fourth-order valence-corrected chi connectivity index (χ4v) is 2.85. The van der Waals surface area contributed by atoms with Gasteiger partial charge in [0.15, 0.2) is 0 Å². The highest BCUT2D eigenvalue weighted by Crippen LogP contribution is 2.29. The van der Waals surface area contributed by atoms with Crippen molar-refractivity contribution in [2.24, 2.45) is 5.73 Å². The molecule has 1 amide bonds. The van der Waals surface area contributed by atoms with Crippen LogP contribution in [0.1, 0.15) is 48.2 Å². The fourth-order valence-electron chi connectivity index (χ4n) is 2.60. The Morgan fingerprint density at radius 1 is 1.42 bits per heavy atom. The third kappa shape index (κ3) is 2.92. The number of carbonyl (C=O) groups is 1. The van der Waals surface area contributed by atoms with Crippen molar-refractivity contribution in [1.29, 1.82) is 0 Å². The molecule has 0 spiro atoms. The van der Waals surface area contributed by atoms with E-state index in [4.69, 9.17) is 18.0 Å². The number of carbonyl (C=O) groups excluding carboxylic acids is 1. The van der Waals surface area contributed by atoms with E-state index < -0.39 is 5.54 Å². The first-order valence-corrected chi connectivity index (χ1v) is 7.00. The molecule has 4 nitrogen and oxygen atoms in total. The minimum Gasteiger partial charge on any atom is -0.391 e. The van der Waals surface area contributed by atoms with Crippen LogP contribution in [-0.4, -0.2) is 21.4 Å². The summed E-state index contributed by atoms with van der Waals surface area (Å²) in [5, 5.41) is 3.04. The number of thiocarbonyl (C=S) groups is 1. The molecule has 0 radical (unpaired) electrons. The number of pyridine rings is 1. The van der Waals surface area contributed by atoms with E-state index in [-0.39, 0.29) is 5.91 Å². The number of nitrogens with zero attached hydrogens (tertiary/aromatic N) is 1. The molecule has 102 valence electrons. The van der Waals surface area contributed by atoms with Crippen molar-refractivity contribution >= 4 is 23.1 Å². The van der Waals surface area contributed by atoms with Crippen LogP contribution >= 0.6 is 12.2 Å². The third-order valence-electron chi connectivity index (χ3n) is 3.78. The van der Waals surface area contributed by atoms with E-state index >= 15 is 0 Å². The van der Waals surface area contributed by atoms with Crippen molar-refractivity contribution in [3.05, 3.63) is 29.6 Å². The number of amides is 1. The number of rotatable bonds is 3. The molecule has 19 heavy (non-hydrogen) atoms. The first-order chi connectivity index (χ1) is 9.05. The average molecular weight is 277 g/mol. The molecule has 0 unspecified atom stereocenters. The van der Waals surface area contributed by atoms with Crippen LogP contribution in [0.2, 0.25) is 0 Å². The Labute approximate surface area is 118 Å². The van der Waals surface area contributed by atoms with Gasteiger partial charge in [-0.25, -0.2) is 0 Å². The second-order valence-electron chi connectivity index (χ2n) is 5.10. The van der Waals surface area contributed by atoms with Gasteiger partial charge >= 0.3 is 0 Å². The first kappa shape index (κ1) is 13.9. The van der Waals surface area contributed by atoms with Gasteiger partial charge < -0.3 is 11.1 Å². The van der Waals surface area contributed by atoms with Crippen LogP contribution in [0.4, 0.5) is 0 Å². The van der Waals surface area contributed by atoms with Gasteiger partial charge in [0.25, 0.3) is 5.91 Å². The summed E-state index contributed by atoms with van der Waals surface area (Å²) in [4.78, 5) is 16.9. The van der Waals surface area contributed by atoms with Crippen LogP contribution in [-0.2, 0) is 0 Å². The van der Waals surface area contributed by atoms with E-state index in [2.05, 4.69) is 10.3 Å². The molecule has 1 aliphatic rings. The summed E-state index contributed by atoms with van der Waals surface area (Å²) in [6.07, 6.45) is 6.59. The minimum atomic E-state index is -0.521. The van der Waals surface area contributed by atoms with Gasteiger partial charge in [0.05, 0.1) is 16.1 Å². The third-order valence-corrected chi connectivity index (χ3v) is 4.17. The van der Waals surface area contributed by atoms with E-state index in [1.165, 1.54) is 6.42 Å². The summed E-state index contributed by atoms with van der Waals surface area (Å²) in [6, 6.07) is 3.53. The molecule has 1 aliphatic carbocycles. The van der Waals surface area contributed by atoms with Gasteiger partial charge in [-0.1, -0.05) is 31.5 Å². The number of aromatic nitrogens is 1. The average Bonchev–Trinajstić information content (AvgIpc) is 2.40. The standard InChI is InChI=1S/C14H19N3OS/c1-10-11(6-5-9-16-10)12(18)17-14(13(15)19)7-3-2-4-8-14/h5-6,9H,2-4,7-8H2,1H3,(H2,15,19)(H,17,18). The number of nitrogens with two attached hydrogens (primary N) is 1. The van der Waals surface area contributed by atoms with Crippen LogP contribution in [0.25, 0.3) is 0 Å². The molecular weight excluding hydrogens is 258 g/mol. The van der Waals surface area contributed by atoms with Gasteiger partial charge in [-0.2, -0.15) is 0 Å². The van der Waals surface area contributed by atoms with Crippen molar-refractivity contribution in [2.75, 3.05) is 0 Å².